The number of hydrogen-bond donors (Lipinski definition) is 0. The third-order valence-corrected chi connectivity index (χ3v) is 3.58. The molecule has 80 valence electrons. The molecular formula is C11H21NOSi. The molecule has 0 aromatic heterocycles. The van der Waals surface area contributed by atoms with Gasteiger partial charge in [-0.15, -0.1) is 0 Å². The normalized spacial score (nSPS) is 22.4. The second kappa shape index (κ2) is 4.46. The third-order valence-electron chi connectivity index (χ3n) is 2.58. The van der Waals surface area contributed by atoms with E-state index in [0.717, 1.165) is 25.7 Å². The van der Waals surface area contributed by atoms with E-state index < -0.39 is 14.0 Å². The SMILES string of the molecule is [C-]#[N+]C1(O[Si](C)(C)C)CCCCCC1. The van der Waals surface area contributed by atoms with E-state index >= 15 is 0 Å². The summed E-state index contributed by atoms with van der Waals surface area (Å²) < 4.78 is 6.08. The first kappa shape index (κ1) is 11.7. The van der Waals surface area contributed by atoms with Gasteiger partial charge in [0, 0.05) is 0 Å². The minimum Gasteiger partial charge on any atom is -0.351 e. The van der Waals surface area contributed by atoms with E-state index in [1.807, 2.05) is 0 Å². The number of rotatable bonds is 2. The average Bonchev–Trinajstić information content (AvgIpc) is 2.28. The lowest BCUT2D eigenvalue weighted by molar-refractivity contribution is 0.0918. The minimum absolute atomic E-state index is 0.457. The molecule has 0 unspecified atom stereocenters. The molecule has 0 radical (unpaired) electrons. The predicted octanol–water partition coefficient (Wildman–Crippen LogP) is 3.81. The van der Waals surface area contributed by atoms with Crippen LogP contribution in [0.25, 0.3) is 4.85 Å². The largest absolute Gasteiger partial charge is 0.351 e. The molecule has 0 atom stereocenters. The van der Waals surface area contributed by atoms with Crippen LogP contribution in [0.5, 0.6) is 0 Å². The molecule has 0 heterocycles. The molecule has 1 saturated carbocycles. The molecule has 0 aromatic rings. The fourth-order valence-corrected chi connectivity index (χ4v) is 3.48. The second-order valence-electron chi connectivity index (χ2n) is 5.19. The molecule has 3 heteroatoms. The van der Waals surface area contributed by atoms with E-state index in [9.17, 15) is 0 Å². The van der Waals surface area contributed by atoms with E-state index in [1.165, 1.54) is 12.8 Å². The Bertz CT molecular complexity index is 218. The van der Waals surface area contributed by atoms with Crippen molar-refractivity contribution in [2.75, 3.05) is 0 Å². The summed E-state index contributed by atoms with van der Waals surface area (Å²) >= 11 is 0. The van der Waals surface area contributed by atoms with Gasteiger partial charge >= 0.3 is 5.72 Å². The maximum atomic E-state index is 7.34. The molecule has 14 heavy (non-hydrogen) atoms. The van der Waals surface area contributed by atoms with Crippen molar-refractivity contribution in [1.82, 2.24) is 0 Å². The first-order valence-corrected chi connectivity index (χ1v) is 8.97. The highest BCUT2D eigenvalue weighted by Gasteiger charge is 2.41. The Morgan fingerprint density at radius 2 is 1.57 bits per heavy atom. The Morgan fingerprint density at radius 3 is 1.93 bits per heavy atom. The summed E-state index contributed by atoms with van der Waals surface area (Å²) in [6.07, 6.45) is 6.75. The summed E-state index contributed by atoms with van der Waals surface area (Å²) in [5.74, 6) is 0. The highest BCUT2D eigenvalue weighted by Crippen LogP contribution is 2.34. The van der Waals surface area contributed by atoms with E-state index in [-0.39, 0.29) is 0 Å². The second-order valence-corrected chi connectivity index (χ2v) is 9.62. The summed E-state index contributed by atoms with van der Waals surface area (Å²) in [4.78, 5) is 3.79. The van der Waals surface area contributed by atoms with Crippen molar-refractivity contribution in [1.29, 1.82) is 0 Å². The number of nitrogens with zero attached hydrogens (tertiary/aromatic N) is 1. The van der Waals surface area contributed by atoms with Crippen LogP contribution in [0, 0.1) is 6.57 Å². The van der Waals surface area contributed by atoms with Crippen LogP contribution >= 0.6 is 0 Å². The first-order chi connectivity index (χ1) is 6.47. The number of hydrogen-bond acceptors (Lipinski definition) is 1. The van der Waals surface area contributed by atoms with Crippen LogP contribution in [0.15, 0.2) is 0 Å². The standard InChI is InChI=1S/C11H21NOSi/c1-12-11(13-14(2,3)4)9-7-5-6-8-10-11/h5-10H2,2-4H3. The molecule has 0 spiro atoms. The van der Waals surface area contributed by atoms with Crippen LogP contribution in [0.4, 0.5) is 0 Å². The van der Waals surface area contributed by atoms with Crippen molar-refractivity contribution in [3.8, 4) is 0 Å². The first-order valence-electron chi connectivity index (χ1n) is 5.56. The lowest BCUT2D eigenvalue weighted by atomic mass is 10.1. The summed E-state index contributed by atoms with van der Waals surface area (Å²) in [6, 6.07) is 0. The molecule has 1 rings (SSSR count). The molecular weight excluding hydrogens is 190 g/mol. The third kappa shape index (κ3) is 3.43. The Labute approximate surface area is 88.6 Å². The van der Waals surface area contributed by atoms with E-state index in [0.29, 0.717) is 0 Å². The Hall–Kier alpha value is -0.333. The van der Waals surface area contributed by atoms with Gasteiger partial charge in [0.2, 0.25) is 0 Å². The molecule has 2 nitrogen and oxygen atoms in total. The fourth-order valence-electron chi connectivity index (χ4n) is 2.09. The van der Waals surface area contributed by atoms with E-state index in [4.69, 9.17) is 11.0 Å². The fraction of sp³-hybridized carbons (Fsp3) is 0.909. The maximum Gasteiger partial charge on any atom is 0.328 e. The van der Waals surface area contributed by atoms with Crippen molar-refractivity contribution < 1.29 is 4.43 Å². The molecule has 0 N–H and O–H groups in total. The van der Waals surface area contributed by atoms with Crippen LogP contribution in [-0.2, 0) is 4.43 Å². The van der Waals surface area contributed by atoms with Gasteiger partial charge in [0.15, 0.2) is 8.32 Å². The van der Waals surface area contributed by atoms with Gasteiger partial charge in [-0.1, -0.05) is 12.8 Å². The van der Waals surface area contributed by atoms with Gasteiger partial charge in [-0.2, -0.15) is 0 Å². The quantitative estimate of drug-likeness (QED) is 0.385. The van der Waals surface area contributed by atoms with Crippen LogP contribution < -0.4 is 0 Å². The summed E-state index contributed by atoms with van der Waals surface area (Å²) in [5, 5.41) is 0. The van der Waals surface area contributed by atoms with Gasteiger partial charge < -0.3 is 4.43 Å². The van der Waals surface area contributed by atoms with Gasteiger partial charge in [-0.3, -0.25) is 4.85 Å². The topological polar surface area (TPSA) is 13.6 Å². The highest BCUT2D eigenvalue weighted by atomic mass is 28.4. The van der Waals surface area contributed by atoms with Crippen molar-refractivity contribution in [2.45, 2.75) is 63.9 Å². The highest BCUT2D eigenvalue weighted by molar-refractivity contribution is 6.69. The van der Waals surface area contributed by atoms with Gasteiger partial charge in [0.1, 0.15) is 0 Å². The Kier molecular flexibility index (Phi) is 3.74. The average molecular weight is 211 g/mol. The molecule has 0 saturated heterocycles. The predicted molar refractivity (Wildman–Crippen MR) is 61.5 cm³/mol. The van der Waals surface area contributed by atoms with Crippen molar-refractivity contribution in [3.05, 3.63) is 11.4 Å². The van der Waals surface area contributed by atoms with E-state index in [1.54, 1.807) is 0 Å². The Morgan fingerprint density at radius 1 is 1.07 bits per heavy atom. The molecule has 1 fully saturated rings. The zero-order valence-electron chi connectivity index (χ0n) is 9.60. The Balaban J connectivity index is 2.69. The van der Waals surface area contributed by atoms with Gasteiger partial charge in [-0.05, 0) is 32.5 Å². The van der Waals surface area contributed by atoms with Crippen LogP contribution in [0.2, 0.25) is 19.6 Å². The van der Waals surface area contributed by atoms with Crippen LogP contribution in [0.1, 0.15) is 38.5 Å². The molecule has 0 aromatic carbocycles. The molecule has 1 aliphatic rings. The molecule has 0 aliphatic heterocycles. The molecule has 0 amide bonds. The zero-order valence-corrected chi connectivity index (χ0v) is 10.6. The van der Waals surface area contributed by atoms with Crippen LogP contribution in [-0.4, -0.2) is 14.0 Å². The molecule has 0 bridgehead atoms. The monoisotopic (exact) mass is 211 g/mol. The van der Waals surface area contributed by atoms with Gasteiger partial charge in [0.05, 0.1) is 12.8 Å². The van der Waals surface area contributed by atoms with Gasteiger partial charge in [-0.25, -0.2) is 6.57 Å². The van der Waals surface area contributed by atoms with Crippen molar-refractivity contribution >= 4 is 8.32 Å². The minimum atomic E-state index is -1.57. The molecule has 1 aliphatic carbocycles. The van der Waals surface area contributed by atoms with Crippen molar-refractivity contribution in [3.63, 3.8) is 0 Å². The lowest BCUT2D eigenvalue weighted by Gasteiger charge is -2.28. The zero-order chi connectivity index (χ0) is 10.7. The lowest BCUT2D eigenvalue weighted by Crippen LogP contribution is -2.40. The summed E-state index contributed by atoms with van der Waals surface area (Å²) in [5.41, 5.74) is -0.457. The van der Waals surface area contributed by atoms with Crippen LogP contribution in [0.3, 0.4) is 0 Å². The van der Waals surface area contributed by atoms with Gasteiger partial charge in [0.25, 0.3) is 0 Å². The smallest absolute Gasteiger partial charge is 0.328 e. The maximum absolute atomic E-state index is 7.34. The summed E-state index contributed by atoms with van der Waals surface area (Å²) in [7, 11) is -1.57. The van der Waals surface area contributed by atoms with E-state index in [2.05, 4.69) is 24.5 Å². The summed E-state index contributed by atoms with van der Waals surface area (Å²) in [6.45, 7) is 13.9. The van der Waals surface area contributed by atoms with Crippen molar-refractivity contribution in [2.24, 2.45) is 0 Å².